The molecule has 3 aliphatic rings. The second-order valence-electron chi connectivity index (χ2n) is 6.01. The molecule has 0 radical (unpaired) electrons. The Labute approximate surface area is 108 Å². The lowest BCUT2D eigenvalue weighted by Gasteiger charge is -2.54. The maximum atomic E-state index is 10.4. The van der Waals surface area contributed by atoms with Gasteiger partial charge in [0.15, 0.2) is 5.79 Å². The number of aliphatic hydroxyl groups is 2. The molecular weight excluding hydrogens is 232 g/mol. The van der Waals surface area contributed by atoms with Crippen LogP contribution in [-0.2, 0) is 9.47 Å². The van der Waals surface area contributed by atoms with E-state index in [0.717, 1.165) is 12.8 Å². The van der Waals surface area contributed by atoms with Crippen LogP contribution in [0.25, 0.3) is 0 Å². The van der Waals surface area contributed by atoms with Crippen molar-refractivity contribution in [2.24, 2.45) is 17.3 Å². The standard InChI is InChI=1S/C14H22O4/c1-10-2-3-12(16)13(9-15)8-14(5-4-11(10)13)17-6-7-18-14/h2-3,10-12,15-16H,4-9H2,1H3/t10-,11-,12-,13-/m1/s1. The molecule has 1 saturated heterocycles. The predicted molar refractivity (Wildman–Crippen MR) is 65.8 cm³/mol. The van der Waals surface area contributed by atoms with E-state index in [2.05, 4.69) is 13.0 Å². The van der Waals surface area contributed by atoms with Crippen molar-refractivity contribution in [1.82, 2.24) is 0 Å². The third kappa shape index (κ3) is 1.67. The molecule has 0 unspecified atom stereocenters. The number of ether oxygens (including phenoxy) is 2. The normalized spacial score (nSPS) is 46.3. The van der Waals surface area contributed by atoms with Gasteiger partial charge in [-0.3, -0.25) is 0 Å². The minimum atomic E-state index is -0.603. The highest BCUT2D eigenvalue weighted by Gasteiger charge is 2.57. The smallest absolute Gasteiger partial charge is 0.169 e. The summed E-state index contributed by atoms with van der Waals surface area (Å²) in [6.07, 6.45) is 5.68. The second kappa shape index (κ2) is 4.30. The van der Waals surface area contributed by atoms with Crippen LogP contribution in [0.5, 0.6) is 0 Å². The van der Waals surface area contributed by atoms with Crippen molar-refractivity contribution >= 4 is 0 Å². The van der Waals surface area contributed by atoms with E-state index in [1.54, 1.807) is 0 Å². The number of rotatable bonds is 1. The van der Waals surface area contributed by atoms with E-state index in [1.165, 1.54) is 0 Å². The van der Waals surface area contributed by atoms with Gasteiger partial charge in [0.25, 0.3) is 0 Å². The molecule has 2 N–H and O–H groups in total. The maximum Gasteiger partial charge on any atom is 0.169 e. The van der Waals surface area contributed by atoms with Gasteiger partial charge in [0.05, 0.1) is 25.9 Å². The first-order chi connectivity index (χ1) is 8.62. The summed E-state index contributed by atoms with van der Waals surface area (Å²) in [5, 5.41) is 20.3. The molecule has 1 heterocycles. The van der Waals surface area contributed by atoms with E-state index in [9.17, 15) is 10.2 Å². The monoisotopic (exact) mass is 254 g/mol. The Hall–Kier alpha value is -0.420. The first-order valence-corrected chi connectivity index (χ1v) is 6.87. The van der Waals surface area contributed by atoms with Crippen molar-refractivity contribution in [2.45, 2.75) is 38.1 Å². The van der Waals surface area contributed by atoms with Gasteiger partial charge in [-0.1, -0.05) is 19.1 Å². The Bertz CT molecular complexity index is 348. The summed E-state index contributed by atoms with van der Waals surface area (Å²) >= 11 is 0. The molecule has 0 amide bonds. The minimum Gasteiger partial charge on any atom is -0.396 e. The van der Waals surface area contributed by atoms with Crippen LogP contribution >= 0.6 is 0 Å². The zero-order valence-corrected chi connectivity index (χ0v) is 10.8. The maximum absolute atomic E-state index is 10.4. The molecule has 102 valence electrons. The first-order valence-electron chi connectivity index (χ1n) is 6.87. The van der Waals surface area contributed by atoms with Crippen LogP contribution in [0.4, 0.5) is 0 Å². The molecule has 2 aliphatic carbocycles. The molecule has 1 aliphatic heterocycles. The quantitative estimate of drug-likeness (QED) is 0.687. The van der Waals surface area contributed by atoms with E-state index in [4.69, 9.17) is 9.47 Å². The Balaban J connectivity index is 1.94. The van der Waals surface area contributed by atoms with Crippen molar-refractivity contribution in [3.05, 3.63) is 12.2 Å². The van der Waals surface area contributed by atoms with Gasteiger partial charge in [-0.2, -0.15) is 0 Å². The molecule has 3 rings (SSSR count). The SMILES string of the molecule is C[C@@H]1C=C[C@@H](O)[C@@]2(CO)CC3(CC[C@H]12)OCCO3. The highest BCUT2D eigenvalue weighted by atomic mass is 16.7. The lowest BCUT2D eigenvalue weighted by molar-refractivity contribution is -0.238. The number of fused-ring (bicyclic) bond motifs is 1. The van der Waals surface area contributed by atoms with Crippen molar-refractivity contribution in [2.75, 3.05) is 19.8 Å². The van der Waals surface area contributed by atoms with Gasteiger partial charge in [0.1, 0.15) is 0 Å². The van der Waals surface area contributed by atoms with E-state index in [0.29, 0.717) is 31.5 Å². The van der Waals surface area contributed by atoms with Crippen molar-refractivity contribution < 1.29 is 19.7 Å². The molecule has 4 atom stereocenters. The van der Waals surface area contributed by atoms with Crippen LogP contribution in [-0.4, -0.2) is 41.9 Å². The van der Waals surface area contributed by atoms with E-state index in [1.807, 2.05) is 6.08 Å². The molecule has 0 aromatic heterocycles. The molecule has 1 saturated carbocycles. The number of hydrogen-bond donors (Lipinski definition) is 2. The fourth-order valence-corrected chi connectivity index (χ4v) is 4.11. The Kier molecular flexibility index (Phi) is 3.01. The van der Waals surface area contributed by atoms with Crippen LogP contribution in [0.1, 0.15) is 26.2 Å². The topological polar surface area (TPSA) is 58.9 Å². The van der Waals surface area contributed by atoms with Crippen LogP contribution in [0.2, 0.25) is 0 Å². The fourth-order valence-electron chi connectivity index (χ4n) is 4.11. The van der Waals surface area contributed by atoms with Crippen molar-refractivity contribution in [1.29, 1.82) is 0 Å². The third-order valence-electron chi connectivity index (χ3n) is 5.10. The largest absolute Gasteiger partial charge is 0.396 e. The van der Waals surface area contributed by atoms with E-state index < -0.39 is 17.3 Å². The zero-order chi connectivity index (χ0) is 12.8. The first kappa shape index (κ1) is 12.6. The lowest BCUT2D eigenvalue weighted by Crippen LogP contribution is -2.57. The van der Waals surface area contributed by atoms with Crippen LogP contribution in [0, 0.1) is 17.3 Å². The second-order valence-corrected chi connectivity index (χ2v) is 6.01. The molecule has 0 aromatic carbocycles. The van der Waals surface area contributed by atoms with Crippen LogP contribution in [0.15, 0.2) is 12.2 Å². The number of aliphatic hydroxyl groups excluding tert-OH is 2. The molecule has 4 heteroatoms. The van der Waals surface area contributed by atoms with Crippen molar-refractivity contribution in [3.8, 4) is 0 Å². The summed E-state index contributed by atoms with van der Waals surface area (Å²) in [5.74, 6) is 0.130. The third-order valence-corrected chi connectivity index (χ3v) is 5.10. The summed E-state index contributed by atoms with van der Waals surface area (Å²) in [7, 11) is 0. The summed E-state index contributed by atoms with van der Waals surface area (Å²) in [6.45, 7) is 3.38. The molecule has 0 aromatic rings. The highest BCUT2D eigenvalue weighted by molar-refractivity contribution is 5.14. The highest BCUT2D eigenvalue weighted by Crippen LogP contribution is 2.55. The molecule has 18 heavy (non-hydrogen) atoms. The summed E-state index contributed by atoms with van der Waals surface area (Å²) in [5.41, 5.74) is -0.503. The predicted octanol–water partition coefficient (Wildman–Crippen LogP) is 1.08. The Morgan fingerprint density at radius 1 is 1.28 bits per heavy atom. The van der Waals surface area contributed by atoms with Crippen molar-refractivity contribution in [3.63, 3.8) is 0 Å². The van der Waals surface area contributed by atoms with Gasteiger partial charge in [0.2, 0.25) is 0 Å². The number of allylic oxidation sites excluding steroid dienone is 1. The van der Waals surface area contributed by atoms with E-state index >= 15 is 0 Å². The summed E-state index contributed by atoms with van der Waals surface area (Å²) in [4.78, 5) is 0. The molecule has 0 bridgehead atoms. The number of hydrogen-bond acceptors (Lipinski definition) is 4. The Morgan fingerprint density at radius 3 is 2.67 bits per heavy atom. The molecule has 2 fully saturated rings. The molecule has 4 nitrogen and oxygen atoms in total. The van der Waals surface area contributed by atoms with E-state index in [-0.39, 0.29) is 6.61 Å². The lowest BCUT2D eigenvalue weighted by atomic mass is 9.56. The fraction of sp³-hybridized carbons (Fsp3) is 0.857. The summed E-state index contributed by atoms with van der Waals surface area (Å²) < 4.78 is 11.5. The average molecular weight is 254 g/mol. The zero-order valence-electron chi connectivity index (χ0n) is 10.8. The van der Waals surface area contributed by atoms with Gasteiger partial charge in [-0.15, -0.1) is 0 Å². The van der Waals surface area contributed by atoms with Gasteiger partial charge in [0, 0.05) is 18.3 Å². The van der Waals surface area contributed by atoms with Gasteiger partial charge < -0.3 is 19.7 Å². The van der Waals surface area contributed by atoms with Gasteiger partial charge in [-0.05, 0) is 18.3 Å². The minimum absolute atomic E-state index is 0.0119. The molecular formula is C14H22O4. The van der Waals surface area contributed by atoms with Gasteiger partial charge >= 0.3 is 0 Å². The average Bonchev–Trinajstić information content (AvgIpc) is 2.82. The Morgan fingerprint density at radius 2 is 2.00 bits per heavy atom. The van der Waals surface area contributed by atoms with Gasteiger partial charge in [-0.25, -0.2) is 0 Å². The van der Waals surface area contributed by atoms with Crippen LogP contribution < -0.4 is 0 Å². The van der Waals surface area contributed by atoms with Crippen LogP contribution in [0.3, 0.4) is 0 Å². The summed E-state index contributed by atoms with van der Waals surface area (Å²) in [6, 6.07) is 0. The molecule has 1 spiro atoms.